The van der Waals surface area contributed by atoms with Gasteiger partial charge in [-0.25, -0.2) is 9.97 Å². The van der Waals surface area contributed by atoms with E-state index in [9.17, 15) is 0 Å². The number of hydrogen-bond acceptors (Lipinski definition) is 4. The fourth-order valence-corrected chi connectivity index (χ4v) is 4.09. The number of rotatable bonds is 2. The quantitative estimate of drug-likeness (QED) is 0.438. The van der Waals surface area contributed by atoms with Gasteiger partial charge in [0.1, 0.15) is 0 Å². The molecule has 0 aliphatic carbocycles. The summed E-state index contributed by atoms with van der Waals surface area (Å²) in [5.41, 5.74) is 1.75. The van der Waals surface area contributed by atoms with Gasteiger partial charge in [-0.15, -0.1) is 22.7 Å². The molecule has 5 heteroatoms. The van der Waals surface area contributed by atoms with Gasteiger partial charge in [-0.2, -0.15) is 0 Å². The molecule has 102 valence electrons. The van der Waals surface area contributed by atoms with Crippen molar-refractivity contribution in [2.24, 2.45) is 0 Å². The molecule has 4 aromatic rings. The van der Waals surface area contributed by atoms with Gasteiger partial charge in [-0.3, -0.25) is 0 Å². The highest BCUT2D eigenvalue weighted by Gasteiger charge is 2.10. The van der Waals surface area contributed by atoms with Crippen LogP contribution >= 0.6 is 34.3 Å². The molecule has 0 saturated carbocycles. The standard InChI is InChI=1S/C16H9ClN2S2/c17-16-18-11(14-6-3-7-20-14)9-12(19-16)15-8-10-4-1-2-5-13(10)21-15/h1-9H. The molecule has 1 aromatic carbocycles. The van der Waals surface area contributed by atoms with Crippen LogP contribution in [0.5, 0.6) is 0 Å². The number of thiophene rings is 2. The second kappa shape index (κ2) is 5.22. The maximum absolute atomic E-state index is 6.10. The molecular weight excluding hydrogens is 320 g/mol. The molecule has 3 heterocycles. The van der Waals surface area contributed by atoms with E-state index < -0.39 is 0 Å². The minimum Gasteiger partial charge on any atom is -0.217 e. The Morgan fingerprint density at radius 3 is 2.43 bits per heavy atom. The normalized spacial score (nSPS) is 11.1. The highest BCUT2D eigenvalue weighted by molar-refractivity contribution is 7.22. The van der Waals surface area contributed by atoms with E-state index in [1.165, 1.54) is 10.1 Å². The number of benzene rings is 1. The van der Waals surface area contributed by atoms with Crippen molar-refractivity contribution in [2.45, 2.75) is 0 Å². The summed E-state index contributed by atoms with van der Waals surface area (Å²) in [5, 5.41) is 3.54. The van der Waals surface area contributed by atoms with Gasteiger partial charge >= 0.3 is 0 Å². The first kappa shape index (κ1) is 13.0. The smallest absolute Gasteiger partial charge is 0.217 e. The summed E-state index contributed by atoms with van der Waals surface area (Å²) in [4.78, 5) is 10.9. The molecule has 0 saturated heterocycles. The van der Waals surface area contributed by atoms with E-state index in [2.05, 4.69) is 28.2 Å². The molecule has 0 bridgehead atoms. The Hall–Kier alpha value is -1.75. The number of aromatic nitrogens is 2. The van der Waals surface area contributed by atoms with Gasteiger partial charge in [-0.1, -0.05) is 24.3 Å². The summed E-state index contributed by atoms with van der Waals surface area (Å²) < 4.78 is 1.25. The lowest BCUT2D eigenvalue weighted by molar-refractivity contribution is 1.19. The lowest BCUT2D eigenvalue weighted by Crippen LogP contribution is -1.89. The minimum absolute atomic E-state index is 0.286. The van der Waals surface area contributed by atoms with E-state index in [4.69, 9.17) is 11.6 Å². The molecule has 2 nitrogen and oxygen atoms in total. The van der Waals surface area contributed by atoms with Crippen LogP contribution < -0.4 is 0 Å². The van der Waals surface area contributed by atoms with Crippen molar-refractivity contribution in [3.05, 3.63) is 59.2 Å². The molecule has 4 rings (SSSR count). The lowest BCUT2D eigenvalue weighted by Gasteiger charge is -2.01. The molecule has 0 amide bonds. The third-order valence-corrected chi connectivity index (χ3v) is 5.35. The van der Waals surface area contributed by atoms with Crippen LogP contribution in [0.2, 0.25) is 5.28 Å². The van der Waals surface area contributed by atoms with Gasteiger partial charge in [0, 0.05) is 4.70 Å². The first-order chi connectivity index (χ1) is 10.3. The molecule has 0 aliphatic rings. The average Bonchev–Trinajstić information content (AvgIpc) is 3.16. The van der Waals surface area contributed by atoms with Crippen LogP contribution in [0.25, 0.3) is 31.2 Å². The number of hydrogen-bond donors (Lipinski definition) is 0. The predicted octanol–water partition coefficient (Wildman–Crippen LogP) is 5.74. The summed E-state index contributed by atoms with van der Waals surface area (Å²) in [7, 11) is 0. The van der Waals surface area contributed by atoms with E-state index in [-0.39, 0.29) is 5.28 Å². The molecule has 0 atom stereocenters. The van der Waals surface area contributed by atoms with Gasteiger partial charge in [0.25, 0.3) is 0 Å². The van der Waals surface area contributed by atoms with Crippen molar-refractivity contribution >= 4 is 44.4 Å². The summed E-state index contributed by atoms with van der Waals surface area (Å²) in [5.74, 6) is 0. The van der Waals surface area contributed by atoms with Crippen LogP contribution in [0.4, 0.5) is 0 Å². The van der Waals surface area contributed by atoms with Gasteiger partial charge in [-0.05, 0) is 46.6 Å². The Morgan fingerprint density at radius 2 is 1.67 bits per heavy atom. The van der Waals surface area contributed by atoms with Crippen LogP contribution in [-0.4, -0.2) is 9.97 Å². The number of nitrogens with zero attached hydrogens (tertiary/aromatic N) is 2. The van der Waals surface area contributed by atoms with Crippen LogP contribution in [0.15, 0.2) is 53.9 Å². The van der Waals surface area contributed by atoms with E-state index in [0.717, 1.165) is 21.1 Å². The molecule has 3 aromatic heterocycles. The zero-order valence-electron chi connectivity index (χ0n) is 10.8. The van der Waals surface area contributed by atoms with Crippen molar-refractivity contribution < 1.29 is 0 Å². The highest BCUT2D eigenvalue weighted by atomic mass is 35.5. The van der Waals surface area contributed by atoms with Crippen molar-refractivity contribution in [3.8, 4) is 21.1 Å². The van der Waals surface area contributed by atoms with Crippen LogP contribution in [0, 0.1) is 0 Å². The molecule has 21 heavy (non-hydrogen) atoms. The van der Waals surface area contributed by atoms with Crippen molar-refractivity contribution in [2.75, 3.05) is 0 Å². The second-order valence-corrected chi connectivity index (χ2v) is 6.90. The zero-order valence-corrected chi connectivity index (χ0v) is 13.2. The van der Waals surface area contributed by atoms with Crippen molar-refractivity contribution in [1.82, 2.24) is 9.97 Å². The fraction of sp³-hybridized carbons (Fsp3) is 0. The molecule has 0 N–H and O–H groups in total. The second-order valence-electron chi connectivity index (χ2n) is 4.53. The van der Waals surface area contributed by atoms with Gasteiger partial charge in [0.15, 0.2) is 0 Å². The summed E-state index contributed by atoms with van der Waals surface area (Å²) >= 11 is 9.47. The molecule has 0 fully saturated rings. The first-order valence-electron chi connectivity index (χ1n) is 6.37. The zero-order chi connectivity index (χ0) is 14.2. The lowest BCUT2D eigenvalue weighted by atomic mass is 10.2. The average molecular weight is 329 g/mol. The van der Waals surface area contributed by atoms with E-state index in [1.807, 2.05) is 35.7 Å². The van der Waals surface area contributed by atoms with Gasteiger partial charge in [0.2, 0.25) is 5.28 Å². The van der Waals surface area contributed by atoms with Crippen LogP contribution in [0.3, 0.4) is 0 Å². The summed E-state index contributed by atoms with van der Waals surface area (Å²) in [6.07, 6.45) is 0. The third-order valence-electron chi connectivity index (χ3n) is 3.15. The Balaban J connectivity index is 1.88. The molecule has 0 aliphatic heterocycles. The predicted molar refractivity (Wildman–Crippen MR) is 91.2 cm³/mol. The summed E-state index contributed by atoms with van der Waals surface area (Å²) in [6.45, 7) is 0. The Kier molecular flexibility index (Phi) is 3.22. The Labute approximate surface area is 134 Å². The number of halogens is 1. The largest absolute Gasteiger partial charge is 0.223 e. The van der Waals surface area contributed by atoms with Gasteiger partial charge < -0.3 is 0 Å². The highest BCUT2D eigenvalue weighted by Crippen LogP contribution is 2.34. The van der Waals surface area contributed by atoms with E-state index >= 15 is 0 Å². The maximum Gasteiger partial charge on any atom is 0.223 e. The SMILES string of the molecule is Clc1nc(-c2cccs2)cc(-c2cc3ccccc3s2)n1. The molecule has 0 unspecified atom stereocenters. The first-order valence-corrected chi connectivity index (χ1v) is 8.44. The Morgan fingerprint density at radius 1 is 0.857 bits per heavy atom. The fourth-order valence-electron chi connectivity index (χ4n) is 2.20. The van der Waals surface area contributed by atoms with Gasteiger partial charge in [0.05, 0.1) is 21.1 Å². The Bertz CT molecular complexity index is 880. The van der Waals surface area contributed by atoms with Crippen molar-refractivity contribution in [3.63, 3.8) is 0 Å². The van der Waals surface area contributed by atoms with E-state index in [0.29, 0.717) is 0 Å². The third kappa shape index (κ3) is 2.46. The van der Waals surface area contributed by atoms with E-state index in [1.54, 1.807) is 22.7 Å². The van der Waals surface area contributed by atoms with Crippen molar-refractivity contribution in [1.29, 1.82) is 0 Å². The van der Waals surface area contributed by atoms with Crippen LogP contribution in [0.1, 0.15) is 0 Å². The monoisotopic (exact) mass is 328 g/mol. The van der Waals surface area contributed by atoms with Crippen LogP contribution in [-0.2, 0) is 0 Å². The number of fused-ring (bicyclic) bond motifs is 1. The maximum atomic E-state index is 6.10. The molecular formula is C16H9ClN2S2. The topological polar surface area (TPSA) is 25.8 Å². The molecule has 0 radical (unpaired) electrons. The minimum atomic E-state index is 0.286. The molecule has 0 spiro atoms. The summed E-state index contributed by atoms with van der Waals surface area (Å²) in [6, 6.07) is 16.5.